The predicted octanol–water partition coefficient (Wildman–Crippen LogP) is 3.20. The Hall–Kier alpha value is -1.51. The van der Waals surface area contributed by atoms with Crippen molar-refractivity contribution < 1.29 is 14.6 Å². The standard InChI is InChI=1S/C16H20O3/c17-15(18)10-13-7-3-6-12-8-9-14(19-16(12)13)11-4-1-2-5-11/h3,6-7,11,14H,1-2,4-5,8-10H2,(H,17,18). The van der Waals surface area contributed by atoms with Gasteiger partial charge < -0.3 is 9.84 Å². The molecular formula is C16H20O3. The number of aliphatic carboxylic acids is 1. The van der Waals surface area contributed by atoms with E-state index >= 15 is 0 Å². The molecular weight excluding hydrogens is 240 g/mol. The number of benzene rings is 1. The minimum atomic E-state index is -0.792. The molecule has 1 atom stereocenters. The van der Waals surface area contributed by atoms with Gasteiger partial charge in [-0.3, -0.25) is 4.79 Å². The van der Waals surface area contributed by atoms with Gasteiger partial charge in [-0.1, -0.05) is 31.0 Å². The number of hydrogen-bond acceptors (Lipinski definition) is 2. The second-order valence-corrected chi connectivity index (χ2v) is 5.72. The van der Waals surface area contributed by atoms with E-state index in [1.807, 2.05) is 12.1 Å². The van der Waals surface area contributed by atoms with E-state index in [1.54, 1.807) is 0 Å². The van der Waals surface area contributed by atoms with Gasteiger partial charge in [-0.25, -0.2) is 0 Å². The average Bonchev–Trinajstić information content (AvgIpc) is 2.92. The number of rotatable bonds is 3. The summed E-state index contributed by atoms with van der Waals surface area (Å²) in [7, 11) is 0. The van der Waals surface area contributed by atoms with Crippen LogP contribution < -0.4 is 4.74 Å². The van der Waals surface area contributed by atoms with E-state index < -0.39 is 5.97 Å². The fourth-order valence-electron chi connectivity index (χ4n) is 3.46. The third-order valence-corrected chi connectivity index (χ3v) is 4.41. The van der Waals surface area contributed by atoms with Gasteiger partial charge >= 0.3 is 5.97 Å². The zero-order valence-corrected chi connectivity index (χ0v) is 11.1. The van der Waals surface area contributed by atoms with E-state index in [2.05, 4.69) is 6.07 Å². The molecule has 1 aromatic rings. The van der Waals surface area contributed by atoms with Crippen LogP contribution in [0.15, 0.2) is 18.2 Å². The van der Waals surface area contributed by atoms with Crippen LogP contribution in [0.5, 0.6) is 5.75 Å². The minimum Gasteiger partial charge on any atom is -0.490 e. The van der Waals surface area contributed by atoms with Crippen molar-refractivity contribution in [1.82, 2.24) is 0 Å². The molecule has 1 aliphatic heterocycles. The molecule has 1 saturated carbocycles. The maximum absolute atomic E-state index is 10.9. The molecule has 1 heterocycles. The van der Waals surface area contributed by atoms with Gasteiger partial charge in [0.2, 0.25) is 0 Å². The zero-order valence-electron chi connectivity index (χ0n) is 11.1. The molecule has 1 N–H and O–H groups in total. The lowest BCUT2D eigenvalue weighted by Crippen LogP contribution is -2.30. The summed E-state index contributed by atoms with van der Waals surface area (Å²) in [6.45, 7) is 0. The molecule has 3 heteroatoms. The van der Waals surface area contributed by atoms with Crippen LogP contribution in [-0.2, 0) is 17.6 Å². The van der Waals surface area contributed by atoms with E-state index in [0.29, 0.717) is 12.0 Å². The molecule has 102 valence electrons. The molecule has 3 nitrogen and oxygen atoms in total. The molecule has 1 fully saturated rings. The van der Waals surface area contributed by atoms with Crippen LogP contribution in [0.3, 0.4) is 0 Å². The lowest BCUT2D eigenvalue weighted by atomic mass is 9.91. The first-order valence-electron chi connectivity index (χ1n) is 7.23. The number of carbonyl (C=O) groups is 1. The summed E-state index contributed by atoms with van der Waals surface area (Å²) in [6, 6.07) is 5.88. The summed E-state index contributed by atoms with van der Waals surface area (Å²) in [5.74, 6) is 0.735. The number of fused-ring (bicyclic) bond motifs is 1. The smallest absolute Gasteiger partial charge is 0.307 e. The normalized spacial score (nSPS) is 22.8. The summed E-state index contributed by atoms with van der Waals surface area (Å²) in [4.78, 5) is 10.9. The van der Waals surface area contributed by atoms with Crippen LogP contribution in [0.1, 0.15) is 43.2 Å². The molecule has 1 unspecified atom stereocenters. The lowest BCUT2D eigenvalue weighted by Gasteiger charge is -2.31. The van der Waals surface area contributed by atoms with E-state index in [4.69, 9.17) is 9.84 Å². The van der Waals surface area contributed by atoms with Gasteiger partial charge in [0.1, 0.15) is 11.9 Å². The average molecular weight is 260 g/mol. The van der Waals surface area contributed by atoms with Crippen LogP contribution >= 0.6 is 0 Å². The summed E-state index contributed by atoms with van der Waals surface area (Å²) in [5.41, 5.74) is 2.00. The Morgan fingerprint density at radius 1 is 1.26 bits per heavy atom. The maximum Gasteiger partial charge on any atom is 0.307 e. The fourth-order valence-corrected chi connectivity index (χ4v) is 3.46. The van der Waals surface area contributed by atoms with Gasteiger partial charge in [-0.05, 0) is 37.2 Å². The van der Waals surface area contributed by atoms with Crippen molar-refractivity contribution >= 4 is 5.97 Å². The molecule has 0 radical (unpaired) electrons. The van der Waals surface area contributed by atoms with Gasteiger partial charge in [-0.2, -0.15) is 0 Å². The Morgan fingerprint density at radius 2 is 2.05 bits per heavy atom. The quantitative estimate of drug-likeness (QED) is 0.907. The third-order valence-electron chi connectivity index (χ3n) is 4.41. The number of carboxylic acids is 1. The molecule has 1 aliphatic carbocycles. The highest BCUT2D eigenvalue weighted by Crippen LogP contribution is 2.38. The molecule has 0 bridgehead atoms. The second-order valence-electron chi connectivity index (χ2n) is 5.72. The van der Waals surface area contributed by atoms with E-state index in [0.717, 1.165) is 24.2 Å². The van der Waals surface area contributed by atoms with Gasteiger partial charge in [0.05, 0.1) is 6.42 Å². The highest BCUT2D eigenvalue weighted by molar-refractivity contribution is 5.71. The Morgan fingerprint density at radius 3 is 2.79 bits per heavy atom. The minimum absolute atomic E-state index is 0.0561. The van der Waals surface area contributed by atoms with Crippen LogP contribution in [-0.4, -0.2) is 17.2 Å². The predicted molar refractivity (Wildman–Crippen MR) is 72.5 cm³/mol. The summed E-state index contributed by atoms with van der Waals surface area (Å²) < 4.78 is 6.18. The van der Waals surface area contributed by atoms with Crippen LogP contribution in [0.2, 0.25) is 0 Å². The topological polar surface area (TPSA) is 46.5 Å². The van der Waals surface area contributed by atoms with Crippen molar-refractivity contribution in [2.75, 3.05) is 0 Å². The SMILES string of the molecule is O=C(O)Cc1cccc2c1OC(C1CCCC1)CC2. The number of para-hydroxylation sites is 1. The van der Waals surface area contributed by atoms with E-state index in [1.165, 1.54) is 31.2 Å². The van der Waals surface area contributed by atoms with Gasteiger partial charge in [-0.15, -0.1) is 0 Å². The van der Waals surface area contributed by atoms with Crippen molar-refractivity contribution in [3.63, 3.8) is 0 Å². The number of aryl methyl sites for hydroxylation is 1. The molecule has 0 amide bonds. The highest BCUT2D eigenvalue weighted by Gasteiger charge is 2.30. The van der Waals surface area contributed by atoms with Crippen molar-refractivity contribution in [1.29, 1.82) is 0 Å². The summed E-state index contributed by atoms with van der Waals surface area (Å²) in [6.07, 6.45) is 7.60. The number of carboxylic acid groups (broad SMARTS) is 1. The first kappa shape index (κ1) is 12.5. The molecule has 3 rings (SSSR count). The van der Waals surface area contributed by atoms with Crippen molar-refractivity contribution in [2.24, 2.45) is 5.92 Å². The molecule has 0 saturated heterocycles. The first-order chi connectivity index (χ1) is 9.24. The number of ether oxygens (including phenoxy) is 1. The Balaban J connectivity index is 1.83. The van der Waals surface area contributed by atoms with Crippen molar-refractivity contribution in [3.8, 4) is 5.75 Å². The Kier molecular flexibility index (Phi) is 3.45. The summed E-state index contributed by atoms with van der Waals surface area (Å²) >= 11 is 0. The van der Waals surface area contributed by atoms with E-state index in [-0.39, 0.29) is 6.42 Å². The molecule has 2 aliphatic rings. The molecule has 0 spiro atoms. The van der Waals surface area contributed by atoms with Gasteiger partial charge in [0.15, 0.2) is 0 Å². The molecule has 0 aromatic heterocycles. The zero-order chi connectivity index (χ0) is 13.2. The molecule has 19 heavy (non-hydrogen) atoms. The highest BCUT2D eigenvalue weighted by atomic mass is 16.5. The van der Waals surface area contributed by atoms with Crippen LogP contribution in [0.4, 0.5) is 0 Å². The van der Waals surface area contributed by atoms with Gasteiger partial charge in [0, 0.05) is 5.56 Å². The summed E-state index contributed by atoms with van der Waals surface area (Å²) in [5, 5.41) is 8.99. The Labute approximate surface area is 113 Å². The monoisotopic (exact) mass is 260 g/mol. The third kappa shape index (κ3) is 2.60. The number of hydrogen-bond donors (Lipinski definition) is 1. The Bertz CT molecular complexity index is 475. The first-order valence-corrected chi connectivity index (χ1v) is 7.23. The van der Waals surface area contributed by atoms with Crippen LogP contribution in [0, 0.1) is 5.92 Å². The fraction of sp³-hybridized carbons (Fsp3) is 0.562. The van der Waals surface area contributed by atoms with Gasteiger partial charge in [0.25, 0.3) is 0 Å². The maximum atomic E-state index is 10.9. The van der Waals surface area contributed by atoms with Crippen molar-refractivity contribution in [2.45, 2.75) is 51.0 Å². The van der Waals surface area contributed by atoms with E-state index in [9.17, 15) is 4.79 Å². The molecule has 1 aromatic carbocycles. The van der Waals surface area contributed by atoms with Crippen molar-refractivity contribution in [3.05, 3.63) is 29.3 Å². The second kappa shape index (κ2) is 5.24. The lowest BCUT2D eigenvalue weighted by molar-refractivity contribution is -0.136. The van der Waals surface area contributed by atoms with Crippen LogP contribution in [0.25, 0.3) is 0 Å². The largest absolute Gasteiger partial charge is 0.490 e.